The molecular weight excluding hydrogens is 1220 g/mol. The minimum atomic E-state index is -5.27. The molecule has 4 aliphatic carbocycles. The molecular formula is C60H92O29S. The number of aliphatic hydroxyl groups is 10. The third-order valence-corrected chi connectivity index (χ3v) is 22.0. The van der Waals surface area contributed by atoms with Crippen molar-refractivity contribution in [1.82, 2.24) is 0 Å². The predicted molar refractivity (Wildman–Crippen MR) is 302 cm³/mol. The molecule has 1 spiro atoms. The SMILES string of the molecule is CO[C@@H]1[C@H](O)[C@H](O[C@@H]2[C@H](O)[C@H](O[C@H]3[C@@H](O)[C@@H](O[C@@H]4OC[C@H](O)[C@H](O)[C@@H]4O)[C@@H](O[C@@H]4[C@H](O[C@@H]5CC[C@]6(C)[C@@H]7CC[C@]89C(=O)O[C@](C)(/C=C/C=C(C)C)[C@H]8[C@H](OC(C)=O)C[C@@]9(C)C7=CC[C@@H]6C5(C)C)OC[C@@H](OS(=O)(=O)O)[C@@H]4O)O[C@H]3C)O[C@H](CO)[C@@H]2O)OC[C@@H]1O. The summed E-state index contributed by atoms with van der Waals surface area (Å²) in [6, 6.07) is 0. The lowest BCUT2D eigenvalue weighted by molar-refractivity contribution is -0.402. The molecule has 0 amide bonds. The Morgan fingerprint density at radius 3 is 1.97 bits per heavy atom. The van der Waals surface area contributed by atoms with Gasteiger partial charge in [-0.15, -0.1) is 0 Å². The Kier molecular flexibility index (Phi) is 20.5. The Hall–Kier alpha value is -2.81. The summed E-state index contributed by atoms with van der Waals surface area (Å²) in [5.41, 5.74) is -1.74. The zero-order valence-electron chi connectivity index (χ0n) is 52.1. The second-order valence-electron chi connectivity index (χ2n) is 27.6. The van der Waals surface area contributed by atoms with E-state index in [9.17, 15) is 73.6 Å². The number of methoxy groups -OCH3 is 1. The monoisotopic (exact) mass is 1310 g/mol. The standard InChI is InChI=1S/C60H92O29S/c1-25(2)12-11-17-59(9)49-32(81-27(4)62)20-58(8)29-13-14-35-56(5,6)36(16-18-57(35,7)28(29)15-19-60(49,58)55(72)88-59)83-53-47(39(67)34(24-79-53)89-90(73,74)75)87-54-48(86-50-40(68)37(65)30(63)22-77-50)41(69)44(26(3)80-54)84-52-43(71)46(38(66)33(21-61)82-52)85-51-42(70)45(76-10)31(64)23-78-51/h11-13,17,26,28,30-54,61,63-71H,14-16,18-24H2,1-10H3,(H,73,74,75)/b17-11+/t26-,28+,30-,31-,32+,33+,34+,35+,36+,37-,38-,39-,40-,41+,42-,43-,44+,45-,46-,47-,48+,49+,50-,51-,52-,53-,54+,57+,58-,59+,60+/m0/s1. The van der Waals surface area contributed by atoms with Crippen LogP contribution in [0, 0.1) is 39.4 Å². The van der Waals surface area contributed by atoms with Gasteiger partial charge >= 0.3 is 22.3 Å². The van der Waals surface area contributed by atoms with Gasteiger partial charge < -0.3 is 113 Å². The zero-order valence-corrected chi connectivity index (χ0v) is 53.0. The second kappa shape index (κ2) is 26.3. The molecule has 10 rings (SSSR count). The fraction of sp³-hybridized carbons (Fsp3) is 0.867. The highest BCUT2D eigenvalue weighted by Gasteiger charge is 2.79. The first-order chi connectivity index (χ1) is 42.2. The van der Waals surface area contributed by atoms with Crippen LogP contribution in [0.5, 0.6) is 0 Å². The first-order valence-corrected chi connectivity index (χ1v) is 32.3. The molecule has 512 valence electrons. The van der Waals surface area contributed by atoms with Crippen LogP contribution in [0.25, 0.3) is 0 Å². The number of carbonyl (C=O) groups is 2. The molecule has 6 saturated heterocycles. The van der Waals surface area contributed by atoms with E-state index in [4.69, 9.17) is 65.8 Å². The van der Waals surface area contributed by atoms with E-state index < -0.39 is 217 Å². The maximum absolute atomic E-state index is 14.7. The number of carbonyl (C=O) groups excluding carboxylic acids is 2. The van der Waals surface area contributed by atoms with Crippen molar-refractivity contribution >= 4 is 22.3 Å². The van der Waals surface area contributed by atoms with E-state index in [2.05, 4.69) is 33.8 Å². The first kappa shape index (κ1) is 70.0. The van der Waals surface area contributed by atoms with Gasteiger partial charge in [-0.1, -0.05) is 57.1 Å². The lowest BCUT2D eigenvalue weighted by atomic mass is 9.41. The van der Waals surface area contributed by atoms with E-state index in [1.807, 2.05) is 39.0 Å². The highest BCUT2D eigenvalue weighted by atomic mass is 32.3. The highest BCUT2D eigenvalue weighted by molar-refractivity contribution is 7.80. The van der Waals surface area contributed by atoms with Crippen LogP contribution in [0.4, 0.5) is 0 Å². The fourth-order valence-electron chi connectivity index (χ4n) is 17.1. The van der Waals surface area contributed by atoms with Gasteiger partial charge in [-0.3, -0.25) is 14.1 Å². The molecule has 29 nitrogen and oxygen atoms in total. The topological polar surface area (TPSA) is 420 Å². The molecule has 11 N–H and O–H groups in total. The Morgan fingerprint density at radius 2 is 1.31 bits per heavy atom. The maximum Gasteiger partial charge on any atom is 0.397 e. The summed E-state index contributed by atoms with van der Waals surface area (Å²) < 4.78 is 118. The number of fused-ring (bicyclic) bond motifs is 4. The van der Waals surface area contributed by atoms with Crippen LogP contribution < -0.4 is 0 Å². The van der Waals surface area contributed by atoms with Gasteiger partial charge in [0.15, 0.2) is 31.5 Å². The van der Waals surface area contributed by atoms with Crippen LogP contribution in [-0.4, -0.2) is 263 Å². The summed E-state index contributed by atoms with van der Waals surface area (Å²) in [4.78, 5) is 27.6. The third kappa shape index (κ3) is 12.5. The van der Waals surface area contributed by atoms with Crippen molar-refractivity contribution in [3.63, 3.8) is 0 Å². The van der Waals surface area contributed by atoms with Gasteiger partial charge in [-0.25, -0.2) is 4.18 Å². The number of allylic oxidation sites excluding steroid dienone is 5. The predicted octanol–water partition coefficient (Wildman–Crippen LogP) is -1.14. The van der Waals surface area contributed by atoms with Crippen molar-refractivity contribution < 1.29 is 139 Å². The summed E-state index contributed by atoms with van der Waals surface area (Å²) in [5.74, 6) is -1.36. The largest absolute Gasteiger partial charge is 0.462 e. The van der Waals surface area contributed by atoms with Gasteiger partial charge in [0.25, 0.3) is 0 Å². The van der Waals surface area contributed by atoms with Gasteiger partial charge in [0.05, 0.1) is 50.0 Å². The zero-order chi connectivity index (χ0) is 65.7. The number of hydrogen-bond acceptors (Lipinski definition) is 28. The summed E-state index contributed by atoms with van der Waals surface area (Å²) in [5, 5.41) is 111. The van der Waals surface area contributed by atoms with Crippen molar-refractivity contribution in [2.75, 3.05) is 33.5 Å². The van der Waals surface area contributed by atoms with Gasteiger partial charge in [0.1, 0.15) is 109 Å². The number of hydrogen-bond donors (Lipinski definition) is 11. The third-order valence-electron chi connectivity index (χ3n) is 21.5. The average Bonchev–Trinajstić information content (AvgIpc) is 1.46. The molecule has 6 heterocycles. The van der Waals surface area contributed by atoms with E-state index in [1.165, 1.54) is 21.0 Å². The molecule has 6 aliphatic heterocycles. The normalized spacial score (nSPS) is 50.2. The van der Waals surface area contributed by atoms with Crippen molar-refractivity contribution in [2.45, 2.75) is 254 Å². The van der Waals surface area contributed by atoms with Crippen LogP contribution in [0.15, 0.2) is 35.5 Å². The Balaban J connectivity index is 0.919. The summed E-state index contributed by atoms with van der Waals surface area (Å²) in [6.45, 7) is 14.6. The quantitative estimate of drug-likeness (QED) is 0.0355. The molecule has 3 saturated carbocycles. The summed E-state index contributed by atoms with van der Waals surface area (Å²) >= 11 is 0. The molecule has 30 heteroatoms. The van der Waals surface area contributed by atoms with Crippen molar-refractivity contribution in [1.29, 1.82) is 0 Å². The molecule has 0 aromatic heterocycles. The highest BCUT2D eigenvalue weighted by Crippen LogP contribution is 2.76. The van der Waals surface area contributed by atoms with Crippen molar-refractivity contribution in [2.24, 2.45) is 39.4 Å². The lowest BCUT2D eigenvalue weighted by Crippen LogP contribution is -2.67. The van der Waals surface area contributed by atoms with Gasteiger partial charge in [0.2, 0.25) is 0 Å². The number of aliphatic hydroxyl groups excluding tert-OH is 10. The van der Waals surface area contributed by atoms with Crippen LogP contribution in [0.2, 0.25) is 0 Å². The van der Waals surface area contributed by atoms with Gasteiger partial charge in [-0.2, -0.15) is 8.42 Å². The fourth-order valence-corrected chi connectivity index (χ4v) is 17.6. The van der Waals surface area contributed by atoms with E-state index in [0.717, 1.165) is 11.1 Å². The molecule has 0 radical (unpaired) electrons. The first-order valence-electron chi connectivity index (χ1n) is 30.9. The minimum absolute atomic E-state index is 0.0276. The van der Waals surface area contributed by atoms with Crippen LogP contribution >= 0.6 is 0 Å². The van der Waals surface area contributed by atoms with Gasteiger partial charge in [0, 0.05) is 19.4 Å². The molecule has 0 aromatic carbocycles. The summed E-state index contributed by atoms with van der Waals surface area (Å²) in [7, 11) is -4.04. The molecule has 90 heavy (non-hydrogen) atoms. The second-order valence-corrected chi connectivity index (χ2v) is 28.7. The van der Waals surface area contributed by atoms with Crippen LogP contribution in [0.3, 0.4) is 0 Å². The molecule has 0 aromatic rings. The molecule has 0 bridgehead atoms. The van der Waals surface area contributed by atoms with Crippen molar-refractivity contribution in [3.05, 3.63) is 35.5 Å². The minimum Gasteiger partial charge on any atom is -0.462 e. The number of ether oxygens (including phenoxy) is 13. The van der Waals surface area contributed by atoms with Crippen LogP contribution in [0.1, 0.15) is 101 Å². The summed E-state index contributed by atoms with van der Waals surface area (Å²) in [6.07, 6.45) is -28.5. The number of cyclic esters (lactones) is 1. The van der Waals surface area contributed by atoms with Crippen molar-refractivity contribution in [3.8, 4) is 0 Å². The Bertz CT molecular complexity index is 2780. The van der Waals surface area contributed by atoms with Gasteiger partial charge in [-0.05, 0) is 95.0 Å². The van der Waals surface area contributed by atoms with Crippen LogP contribution in [-0.2, 0) is 85.8 Å². The number of rotatable bonds is 17. The molecule has 10 aliphatic rings. The maximum atomic E-state index is 14.7. The lowest BCUT2D eigenvalue weighted by Gasteiger charge is -2.63. The molecule has 9 fully saturated rings. The molecule has 0 unspecified atom stereocenters. The smallest absolute Gasteiger partial charge is 0.397 e. The molecule has 31 atom stereocenters. The number of esters is 2. The van der Waals surface area contributed by atoms with E-state index in [0.29, 0.717) is 38.5 Å². The van der Waals surface area contributed by atoms with E-state index in [1.54, 1.807) is 0 Å². The Morgan fingerprint density at radius 1 is 0.689 bits per heavy atom. The van der Waals surface area contributed by atoms with E-state index >= 15 is 0 Å². The average molecular weight is 1310 g/mol. The Labute approximate surface area is 522 Å². The van der Waals surface area contributed by atoms with E-state index in [-0.39, 0.29) is 24.4 Å².